The number of fused-ring (bicyclic) bond motifs is 1. The van der Waals surface area contributed by atoms with Gasteiger partial charge in [0.05, 0.1) is 6.61 Å². The molecule has 1 unspecified atom stereocenters. The molecule has 5 nitrogen and oxygen atoms in total. The van der Waals surface area contributed by atoms with E-state index in [4.69, 9.17) is 14.2 Å². The molecule has 1 heterocycles. The van der Waals surface area contributed by atoms with E-state index < -0.39 is 6.16 Å². The van der Waals surface area contributed by atoms with Gasteiger partial charge in [0, 0.05) is 11.5 Å². The van der Waals surface area contributed by atoms with Crippen molar-refractivity contribution < 1.29 is 19.0 Å². The summed E-state index contributed by atoms with van der Waals surface area (Å²) in [5.41, 5.74) is 3.24. The van der Waals surface area contributed by atoms with E-state index in [-0.39, 0.29) is 6.79 Å². The lowest BCUT2D eigenvalue weighted by Gasteiger charge is -2.56. The normalized spacial score (nSPS) is 27.5. The van der Waals surface area contributed by atoms with Crippen LogP contribution >= 0.6 is 0 Å². The van der Waals surface area contributed by atoms with Crippen LogP contribution in [0.4, 0.5) is 4.79 Å². The van der Waals surface area contributed by atoms with E-state index in [2.05, 4.69) is 31.3 Å². The molecule has 172 valence electrons. The smallest absolute Gasteiger partial charge is 0.457 e. The molecule has 2 aliphatic carbocycles. The van der Waals surface area contributed by atoms with Crippen molar-refractivity contribution in [3.8, 4) is 5.75 Å². The molecule has 1 aromatic carbocycles. The standard InChI is InChI=1S/C26H39NO4/c1-3-5-8-19(4-2)17-29-25(28)31-18-30-21-11-10-20-15-24-22-9-6-7-12-26(22,13-14-27-24)23(20)16-21/h10-11,16,19,22,24,27H,3-9,12-15,17-18H2,1-2H3/t19?,22-,24+,26-/m1/s1. The molecule has 31 heavy (non-hydrogen) atoms. The van der Waals surface area contributed by atoms with Crippen molar-refractivity contribution in [3.05, 3.63) is 29.3 Å². The van der Waals surface area contributed by atoms with Crippen LogP contribution in [0.15, 0.2) is 18.2 Å². The van der Waals surface area contributed by atoms with Gasteiger partial charge in [0.1, 0.15) is 5.75 Å². The Bertz CT molecular complexity index is 747. The van der Waals surface area contributed by atoms with Crippen molar-refractivity contribution in [2.75, 3.05) is 19.9 Å². The van der Waals surface area contributed by atoms with Crippen molar-refractivity contribution in [1.82, 2.24) is 5.32 Å². The highest BCUT2D eigenvalue weighted by Gasteiger charge is 2.51. The Hall–Kier alpha value is -1.75. The summed E-state index contributed by atoms with van der Waals surface area (Å²) in [7, 11) is 0. The Labute approximate surface area is 187 Å². The minimum absolute atomic E-state index is 0.107. The van der Waals surface area contributed by atoms with E-state index >= 15 is 0 Å². The third kappa shape index (κ3) is 4.87. The summed E-state index contributed by atoms with van der Waals surface area (Å²) in [5, 5.41) is 3.78. The minimum Gasteiger partial charge on any atom is -0.457 e. The topological polar surface area (TPSA) is 56.8 Å². The summed E-state index contributed by atoms with van der Waals surface area (Å²) < 4.78 is 16.3. The van der Waals surface area contributed by atoms with E-state index in [1.165, 1.54) is 43.2 Å². The lowest BCUT2D eigenvalue weighted by molar-refractivity contribution is -0.00251. The van der Waals surface area contributed by atoms with Gasteiger partial charge in [-0.15, -0.1) is 0 Å². The summed E-state index contributed by atoms with van der Waals surface area (Å²) >= 11 is 0. The highest BCUT2D eigenvalue weighted by atomic mass is 16.8. The van der Waals surface area contributed by atoms with Crippen LogP contribution in [0, 0.1) is 11.8 Å². The van der Waals surface area contributed by atoms with Gasteiger partial charge < -0.3 is 19.5 Å². The second-order valence-corrected chi connectivity index (χ2v) is 9.73. The fourth-order valence-corrected chi connectivity index (χ4v) is 6.26. The lowest BCUT2D eigenvalue weighted by atomic mass is 9.53. The number of nitrogens with one attached hydrogen (secondary N) is 1. The molecule has 1 aromatic rings. The second-order valence-electron chi connectivity index (χ2n) is 9.73. The first-order valence-electron chi connectivity index (χ1n) is 12.5. The van der Waals surface area contributed by atoms with Gasteiger partial charge in [0.25, 0.3) is 0 Å². The molecule has 0 radical (unpaired) electrons. The number of benzene rings is 1. The number of ether oxygens (including phenoxy) is 3. The van der Waals surface area contributed by atoms with Crippen LogP contribution in [-0.2, 0) is 21.3 Å². The van der Waals surface area contributed by atoms with Crippen LogP contribution < -0.4 is 10.1 Å². The zero-order valence-electron chi connectivity index (χ0n) is 19.3. The predicted octanol–water partition coefficient (Wildman–Crippen LogP) is 5.74. The van der Waals surface area contributed by atoms with Gasteiger partial charge in [-0.1, -0.05) is 52.0 Å². The maximum absolute atomic E-state index is 12.0. The van der Waals surface area contributed by atoms with Crippen molar-refractivity contribution >= 4 is 6.16 Å². The fourth-order valence-electron chi connectivity index (χ4n) is 6.26. The zero-order valence-corrected chi connectivity index (χ0v) is 19.3. The monoisotopic (exact) mass is 429 g/mol. The largest absolute Gasteiger partial charge is 0.511 e. The number of carbonyl (C=O) groups is 1. The summed E-state index contributed by atoms with van der Waals surface area (Å²) in [6.45, 7) is 5.74. The molecule has 1 N–H and O–H groups in total. The van der Waals surface area contributed by atoms with Gasteiger partial charge in [-0.25, -0.2) is 4.79 Å². The summed E-state index contributed by atoms with van der Waals surface area (Å²) in [6, 6.07) is 7.08. The molecule has 1 saturated heterocycles. The van der Waals surface area contributed by atoms with Crippen LogP contribution in [-0.4, -0.2) is 32.1 Å². The molecule has 3 aliphatic rings. The van der Waals surface area contributed by atoms with Crippen molar-refractivity contribution in [1.29, 1.82) is 0 Å². The number of hydrogen-bond donors (Lipinski definition) is 1. The molecule has 1 aliphatic heterocycles. The molecule has 0 aromatic heterocycles. The maximum Gasteiger partial charge on any atom is 0.511 e. The predicted molar refractivity (Wildman–Crippen MR) is 121 cm³/mol. The Balaban J connectivity index is 1.32. The van der Waals surface area contributed by atoms with Gasteiger partial charge in [-0.3, -0.25) is 0 Å². The van der Waals surface area contributed by atoms with Crippen molar-refractivity contribution in [2.45, 2.75) is 89.5 Å². The molecular weight excluding hydrogens is 390 g/mol. The number of piperidine rings is 1. The minimum atomic E-state index is -0.639. The fraction of sp³-hybridized carbons (Fsp3) is 0.731. The maximum atomic E-state index is 12.0. The van der Waals surface area contributed by atoms with Crippen LogP contribution in [0.3, 0.4) is 0 Å². The van der Waals surface area contributed by atoms with Crippen LogP contribution in [0.2, 0.25) is 0 Å². The number of unbranched alkanes of at least 4 members (excludes halogenated alkanes) is 1. The molecule has 4 atom stereocenters. The second kappa shape index (κ2) is 10.2. The molecule has 0 amide bonds. The van der Waals surface area contributed by atoms with Crippen molar-refractivity contribution in [2.24, 2.45) is 11.8 Å². The molecule has 2 fully saturated rings. The highest BCUT2D eigenvalue weighted by Crippen LogP contribution is 2.54. The summed E-state index contributed by atoms with van der Waals surface area (Å²) in [6.07, 6.45) is 11.4. The van der Waals surface area contributed by atoms with Gasteiger partial charge >= 0.3 is 6.16 Å². The summed E-state index contributed by atoms with van der Waals surface area (Å²) in [5.74, 6) is 1.94. The van der Waals surface area contributed by atoms with Crippen LogP contribution in [0.5, 0.6) is 5.75 Å². The molecule has 4 rings (SSSR count). The Morgan fingerprint density at radius 2 is 2.13 bits per heavy atom. The van der Waals surface area contributed by atoms with E-state index in [1.54, 1.807) is 0 Å². The molecular formula is C26H39NO4. The molecule has 0 spiro atoms. The van der Waals surface area contributed by atoms with Crippen molar-refractivity contribution in [3.63, 3.8) is 0 Å². The van der Waals surface area contributed by atoms with Gasteiger partial charge in [0.15, 0.2) is 0 Å². The third-order valence-corrected chi connectivity index (χ3v) is 8.00. The number of carbonyl (C=O) groups excluding carboxylic acids is 1. The molecule has 2 bridgehead atoms. The van der Waals surface area contributed by atoms with Gasteiger partial charge in [0.2, 0.25) is 6.79 Å². The Kier molecular flexibility index (Phi) is 7.42. The first-order chi connectivity index (χ1) is 15.2. The first-order valence-corrected chi connectivity index (χ1v) is 12.5. The number of rotatable bonds is 9. The van der Waals surface area contributed by atoms with Crippen LogP contribution in [0.25, 0.3) is 0 Å². The lowest BCUT2D eigenvalue weighted by Crippen LogP contribution is -2.59. The SMILES string of the molecule is CCCCC(CC)COC(=O)OCOc1ccc2c(c1)[C@@]13CCCC[C@@H]1[C@H](C2)NCC3. The Morgan fingerprint density at radius 3 is 2.97 bits per heavy atom. The average molecular weight is 430 g/mol. The zero-order chi connectivity index (χ0) is 21.7. The Morgan fingerprint density at radius 1 is 1.23 bits per heavy atom. The number of hydrogen-bond acceptors (Lipinski definition) is 5. The van der Waals surface area contributed by atoms with E-state index in [0.717, 1.165) is 50.3 Å². The first kappa shape index (κ1) is 22.4. The van der Waals surface area contributed by atoms with E-state index in [0.29, 0.717) is 24.0 Å². The third-order valence-electron chi connectivity index (χ3n) is 8.00. The quantitative estimate of drug-likeness (QED) is 0.401. The van der Waals surface area contributed by atoms with Gasteiger partial charge in [-0.05, 0) is 73.7 Å². The average Bonchev–Trinajstić information content (AvgIpc) is 2.79. The van der Waals surface area contributed by atoms with E-state index in [1.807, 2.05) is 6.07 Å². The van der Waals surface area contributed by atoms with E-state index in [9.17, 15) is 4.79 Å². The van der Waals surface area contributed by atoms with Crippen LogP contribution in [0.1, 0.15) is 82.8 Å². The highest BCUT2D eigenvalue weighted by molar-refractivity contribution is 5.59. The van der Waals surface area contributed by atoms with Gasteiger partial charge in [-0.2, -0.15) is 0 Å². The molecule has 5 heteroatoms. The summed E-state index contributed by atoms with van der Waals surface area (Å²) in [4.78, 5) is 12.0. The molecule has 1 saturated carbocycles.